The fraction of sp³-hybridized carbons (Fsp3) is 0.533. The predicted octanol–water partition coefficient (Wildman–Crippen LogP) is 2.41. The van der Waals surface area contributed by atoms with Gasteiger partial charge in [0.1, 0.15) is 5.75 Å². The van der Waals surface area contributed by atoms with Gasteiger partial charge in [-0.3, -0.25) is 4.79 Å². The summed E-state index contributed by atoms with van der Waals surface area (Å²) < 4.78 is 5.20. The Kier molecular flexibility index (Phi) is 4.80. The van der Waals surface area contributed by atoms with Gasteiger partial charge in [-0.2, -0.15) is 0 Å². The number of ether oxygens (including phenoxy) is 1. The Morgan fingerprint density at radius 1 is 1.37 bits per heavy atom. The highest BCUT2D eigenvalue weighted by atomic mass is 16.5. The second-order valence-corrected chi connectivity index (χ2v) is 5.24. The summed E-state index contributed by atoms with van der Waals surface area (Å²) in [4.78, 5) is 11.9. The van der Waals surface area contributed by atoms with E-state index in [1.165, 1.54) is 19.3 Å². The van der Waals surface area contributed by atoms with E-state index in [0.717, 1.165) is 11.6 Å². The number of benzene rings is 1. The van der Waals surface area contributed by atoms with Crippen LogP contribution in [0.2, 0.25) is 0 Å². The zero-order chi connectivity index (χ0) is 13.7. The minimum atomic E-state index is -0.0240. The first-order valence-corrected chi connectivity index (χ1v) is 6.85. The molecule has 2 rings (SSSR count). The van der Waals surface area contributed by atoms with Gasteiger partial charge in [0.2, 0.25) is 5.91 Å². The predicted molar refractivity (Wildman–Crippen MR) is 76.4 cm³/mol. The average Bonchev–Trinajstić information content (AvgIpc) is 2.83. The van der Waals surface area contributed by atoms with Gasteiger partial charge in [0.05, 0.1) is 19.3 Å². The monoisotopic (exact) mass is 262 g/mol. The summed E-state index contributed by atoms with van der Waals surface area (Å²) in [7, 11) is 1.60. The fourth-order valence-electron chi connectivity index (χ4n) is 2.57. The number of para-hydroxylation sites is 2. The van der Waals surface area contributed by atoms with Gasteiger partial charge in [0.15, 0.2) is 0 Å². The van der Waals surface area contributed by atoms with Crippen LogP contribution in [0.25, 0.3) is 0 Å². The van der Waals surface area contributed by atoms with E-state index < -0.39 is 0 Å². The van der Waals surface area contributed by atoms with Gasteiger partial charge in [-0.25, -0.2) is 0 Å². The number of carbonyl (C=O) groups is 1. The third-order valence-electron chi connectivity index (χ3n) is 3.63. The molecule has 1 aliphatic carbocycles. The largest absolute Gasteiger partial charge is 0.495 e. The van der Waals surface area contributed by atoms with Crippen molar-refractivity contribution in [2.45, 2.75) is 32.2 Å². The first-order valence-electron chi connectivity index (χ1n) is 6.85. The van der Waals surface area contributed by atoms with Crippen LogP contribution in [0.1, 0.15) is 26.2 Å². The van der Waals surface area contributed by atoms with E-state index in [0.29, 0.717) is 18.3 Å². The first kappa shape index (κ1) is 13.9. The highest BCUT2D eigenvalue weighted by Gasteiger charge is 2.21. The van der Waals surface area contributed by atoms with Crippen LogP contribution in [0.4, 0.5) is 5.69 Å². The molecule has 0 aliphatic heterocycles. The Balaban J connectivity index is 1.81. The zero-order valence-electron chi connectivity index (χ0n) is 11.6. The van der Waals surface area contributed by atoms with Crippen molar-refractivity contribution in [3.63, 3.8) is 0 Å². The highest BCUT2D eigenvalue weighted by molar-refractivity contribution is 5.93. The summed E-state index contributed by atoms with van der Waals surface area (Å²) in [6, 6.07) is 7.92. The standard InChI is InChI=1S/C15H22N2O2/c1-11-7-8-12(9-11)16-10-15(18)17-13-5-3-4-6-14(13)19-2/h3-6,11-12,16H,7-10H2,1-2H3,(H,17,18). The Bertz CT molecular complexity index is 434. The van der Waals surface area contributed by atoms with E-state index in [-0.39, 0.29) is 5.91 Å². The number of methoxy groups -OCH3 is 1. The molecule has 0 bridgehead atoms. The van der Waals surface area contributed by atoms with E-state index in [4.69, 9.17) is 4.74 Å². The second kappa shape index (κ2) is 6.57. The van der Waals surface area contributed by atoms with E-state index in [2.05, 4.69) is 17.6 Å². The Labute approximate surface area is 114 Å². The molecule has 0 spiro atoms. The summed E-state index contributed by atoms with van der Waals surface area (Å²) in [5, 5.41) is 6.19. The molecule has 1 aromatic rings. The molecular weight excluding hydrogens is 240 g/mol. The minimum absolute atomic E-state index is 0.0240. The quantitative estimate of drug-likeness (QED) is 0.856. The molecule has 19 heavy (non-hydrogen) atoms. The van der Waals surface area contributed by atoms with Crippen molar-refractivity contribution < 1.29 is 9.53 Å². The molecule has 0 saturated heterocycles. The van der Waals surface area contributed by atoms with Crippen molar-refractivity contribution in [1.29, 1.82) is 0 Å². The van der Waals surface area contributed by atoms with Gasteiger partial charge in [-0.15, -0.1) is 0 Å². The van der Waals surface area contributed by atoms with Crippen molar-refractivity contribution in [2.24, 2.45) is 5.92 Å². The van der Waals surface area contributed by atoms with Crippen molar-refractivity contribution in [3.05, 3.63) is 24.3 Å². The molecule has 4 nitrogen and oxygen atoms in total. The molecule has 4 heteroatoms. The first-order chi connectivity index (χ1) is 9.19. The number of rotatable bonds is 5. The number of hydrogen-bond donors (Lipinski definition) is 2. The molecule has 1 aliphatic rings. The average molecular weight is 262 g/mol. The fourth-order valence-corrected chi connectivity index (χ4v) is 2.57. The number of carbonyl (C=O) groups excluding carboxylic acids is 1. The van der Waals surface area contributed by atoms with Gasteiger partial charge in [-0.05, 0) is 37.3 Å². The van der Waals surface area contributed by atoms with Crippen LogP contribution in [-0.2, 0) is 4.79 Å². The molecule has 2 unspecified atom stereocenters. The maximum atomic E-state index is 11.9. The summed E-state index contributed by atoms with van der Waals surface area (Å²) in [5.74, 6) is 1.43. The van der Waals surface area contributed by atoms with Crippen LogP contribution in [0.5, 0.6) is 5.75 Å². The molecule has 1 amide bonds. The number of nitrogens with one attached hydrogen (secondary N) is 2. The molecule has 1 saturated carbocycles. The van der Waals surface area contributed by atoms with Crippen LogP contribution in [0.15, 0.2) is 24.3 Å². The molecule has 104 valence electrons. The Morgan fingerprint density at radius 2 is 2.16 bits per heavy atom. The lowest BCUT2D eigenvalue weighted by molar-refractivity contribution is -0.115. The van der Waals surface area contributed by atoms with Crippen LogP contribution in [0, 0.1) is 5.92 Å². The van der Waals surface area contributed by atoms with E-state index in [1.807, 2.05) is 24.3 Å². The van der Waals surface area contributed by atoms with Gasteiger partial charge in [0.25, 0.3) is 0 Å². The molecular formula is C15H22N2O2. The normalized spacial score (nSPS) is 22.2. The van der Waals surface area contributed by atoms with Crippen molar-refractivity contribution >= 4 is 11.6 Å². The van der Waals surface area contributed by atoms with Crippen molar-refractivity contribution in [3.8, 4) is 5.75 Å². The summed E-state index contributed by atoms with van der Waals surface area (Å²) in [5.41, 5.74) is 0.719. The molecule has 1 aromatic carbocycles. The van der Waals surface area contributed by atoms with E-state index >= 15 is 0 Å². The lowest BCUT2D eigenvalue weighted by Crippen LogP contribution is -2.34. The molecule has 0 aromatic heterocycles. The van der Waals surface area contributed by atoms with Gasteiger partial charge in [0, 0.05) is 6.04 Å². The Hall–Kier alpha value is -1.55. The smallest absolute Gasteiger partial charge is 0.238 e. The number of amides is 1. The third kappa shape index (κ3) is 3.96. The maximum Gasteiger partial charge on any atom is 0.238 e. The third-order valence-corrected chi connectivity index (χ3v) is 3.63. The Morgan fingerprint density at radius 3 is 2.84 bits per heavy atom. The van der Waals surface area contributed by atoms with Crippen LogP contribution < -0.4 is 15.4 Å². The lowest BCUT2D eigenvalue weighted by Gasteiger charge is -2.13. The molecule has 0 heterocycles. The van der Waals surface area contributed by atoms with Gasteiger partial charge in [-0.1, -0.05) is 19.1 Å². The van der Waals surface area contributed by atoms with Crippen LogP contribution in [0.3, 0.4) is 0 Å². The van der Waals surface area contributed by atoms with Gasteiger partial charge >= 0.3 is 0 Å². The van der Waals surface area contributed by atoms with Gasteiger partial charge < -0.3 is 15.4 Å². The van der Waals surface area contributed by atoms with E-state index in [9.17, 15) is 4.79 Å². The summed E-state index contributed by atoms with van der Waals surface area (Å²) in [6.07, 6.45) is 3.59. The van der Waals surface area contributed by atoms with Crippen molar-refractivity contribution in [2.75, 3.05) is 19.0 Å². The maximum absolute atomic E-state index is 11.9. The second-order valence-electron chi connectivity index (χ2n) is 5.24. The molecule has 1 fully saturated rings. The van der Waals surface area contributed by atoms with Crippen molar-refractivity contribution in [1.82, 2.24) is 5.32 Å². The molecule has 2 N–H and O–H groups in total. The molecule has 2 atom stereocenters. The highest BCUT2D eigenvalue weighted by Crippen LogP contribution is 2.25. The van der Waals surface area contributed by atoms with Crippen LogP contribution in [-0.4, -0.2) is 25.6 Å². The van der Waals surface area contributed by atoms with Crippen LogP contribution >= 0.6 is 0 Å². The lowest BCUT2D eigenvalue weighted by atomic mass is 10.1. The SMILES string of the molecule is COc1ccccc1NC(=O)CNC1CCC(C)C1. The van der Waals surface area contributed by atoms with E-state index in [1.54, 1.807) is 7.11 Å². The molecule has 0 radical (unpaired) electrons. The topological polar surface area (TPSA) is 50.4 Å². The minimum Gasteiger partial charge on any atom is -0.495 e. The zero-order valence-corrected chi connectivity index (χ0v) is 11.6. The summed E-state index contributed by atoms with van der Waals surface area (Å²) >= 11 is 0. The number of anilines is 1. The number of hydrogen-bond acceptors (Lipinski definition) is 3. The summed E-state index contributed by atoms with van der Waals surface area (Å²) in [6.45, 7) is 2.62.